The van der Waals surface area contributed by atoms with Crippen LogP contribution in [-0.2, 0) is 4.79 Å². The lowest BCUT2D eigenvalue weighted by Gasteiger charge is -2.16. The fourth-order valence-corrected chi connectivity index (χ4v) is 3.07. The second kappa shape index (κ2) is 6.04. The fourth-order valence-electron chi connectivity index (χ4n) is 2.36. The number of aromatic nitrogens is 2. The van der Waals surface area contributed by atoms with Crippen molar-refractivity contribution in [3.05, 3.63) is 35.2 Å². The van der Waals surface area contributed by atoms with Crippen molar-refractivity contribution in [2.24, 2.45) is 0 Å². The van der Waals surface area contributed by atoms with E-state index in [9.17, 15) is 4.79 Å². The minimum absolute atomic E-state index is 0.0388. The number of para-hydroxylation sites is 1. The van der Waals surface area contributed by atoms with E-state index < -0.39 is 0 Å². The first-order valence-corrected chi connectivity index (χ1v) is 8.22. The van der Waals surface area contributed by atoms with Crippen LogP contribution in [0.4, 0.5) is 10.8 Å². The number of nitrogens with one attached hydrogen (secondary N) is 1. The third kappa shape index (κ3) is 3.27. The molecular weight excluding hydrogens is 296 g/mol. The van der Waals surface area contributed by atoms with Crippen molar-refractivity contribution in [2.45, 2.75) is 32.6 Å². The molecule has 1 N–H and O–H groups in total. The molecule has 0 aliphatic heterocycles. The molecule has 0 saturated heterocycles. The monoisotopic (exact) mass is 316 g/mol. The normalized spacial score (nSPS) is 14.0. The van der Waals surface area contributed by atoms with Crippen molar-refractivity contribution < 1.29 is 4.79 Å². The van der Waals surface area contributed by atoms with Gasteiger partial charge in [-0.15, -0.1) is 0 Å². The van der Waals surface area contributed by atoms with Gasteiger partial charge < -0.3 is 10.2 Å². The Morgan fingerprint density at radius 1 is 1.36 bits per heavy atom. The minimum Gasteiger partial charge on any atom is -0.341 e. The zero-order chi connectivity index (χ0) is 15.7. The van der Waals surface area contributed by atoms with Crippen LogP contribution in [0.1, 0.15) is 35.7 Å². The number of rotatable bonds is 5. The van der Waals surface area contributed by atoms with Crippen LogP contribution in [-0.4, -0.2) is 28.9 Å². The van der Waals surface area contributed by atoms with Gasteiger partial charge >= 0.3 is 0 Å². The average Bonchev–Trinajstić information content (AvgIpc) is 3.20. The molecule has 1 saturated carbocycles. The van der Waals surface area contributed by atoms with E-state index in [0.29, 0.717) is 5.92 Å². The summed E-state index contributed by atoms with van der Waals surface area (Å²) in [5, 5.41) is 3.80. The lowest BCUT2D eigenvalue weighted by molar-refractivity contribution is -0.114. The number of benzene rings is 1. The highest BCUT2D eigenvalue weighted by molar-refractivity contribution is 7.09. The molecule has 1 aromatic carbocycles. The molecule has 3 rings (SSSR count). The van der Waals surface area contributed by atoms with Gasteiger partial charge in [-0.1, -0.05) is 18.2 Å². The highest BCUT2D eigenvalue weighted by atomic mass is 32.1. The number of amides is 1. The number of aryl methyl sites for hydroxylation is 2. The standard InChI is InChI=1S/C16H20N4OS/c1-10-5-4-6-11(2)14(10)17-13(21)9-20(3)16-18-15(19-22-16)12-7-8-12/h4-6,12H,7-9H2,1-3H3,(H,17,21). The molecular formula is C16H20N4OS. The topological polar surface area (TPSA) is 58.1 Å². The minimum atomic E-state index is -0.0388. The highest BCUT2D eigenvalue weighted by Gasteiger charge is 2.28. The van der Waals surface area contributed by atoms with Gasteiger partial charge in [0.15, 0.2) is 0 Å². The Hall–Kier alpha value is -1.95. The van der Waals surface area contributed by atoms with Crippen molar-refractivity contribution in [3.8, 4) is 0 Å². The number of nitrogens with zero attached hydrogens (tertiary/aromatic N) is 3. The number of hydrogen-bond donors (Lipinski definition) is 1. The molecule has 5 nitrogen and oxygen atoms in total. The van der Waals surface area contributed by atoms with Gasteiger partial charge in [0, 0.05) is 30.2 Å². The average molecular weight is 316 g/mol. The summed E-state index contributed by atoms with van der Waals surface area (Å²) in [7, 11) is 1.88. The van der Waals surface area contributed by atoms with Crippen LogP contribution in [0.2, 0.25) is 0 Å². The molecule has 2 aromatic rings. The molecule has 6 heteroatoms. The second-order valence-electron chi connectivity index (χ2n) is 5.88. The van der Waals surface area contributed by atoms with Crippen LogP contribution in [0.3, 0.4) is 0 Å². The van der Waals surface area contributed by atoms with Gasteiger partial charge in [-0.05, 0) is 37.8 Å². The van der Waals surface area contributed by atoms with Crippen LogP contribution >= 0.6 is 11.5 Å². The summed E-state index contributed by atoms with van der Waals surface area (Å²) in [6.07, 6.45) is 2.37. The van der Waals surface area contributed by atoms with Gasteiger partial charge in [0.05, 0.1) is 6.54 Å². The number of carbonyl (C=O) groups is 1. The van der Waals surface area contributed by atoms with Gasteiger partial charge in [-0.2, -0.15) is 4.37 Å². The van der Waals surface area contributed by atoms with Crippen LogP contribution in [0.5, 0.6) is 0 Å². The first-order valence-electron chi connectivity index (χ1n) is 7.45. The summed E-state index contributed by atoms with van der Waals surface area (Å²) in [5.74, 6) is 1.44. The summed E-state index contributed by atoms with van der Waals surface area (Å²) in [5.41, 5.74) is 3.04. The third-order valence-corrected chi connectivity index (χ3v) is 4.67. The van der Waals surface area contributed by atoms with Crippen molar-refractivity contribution in [2.75, 3.05) is 23.8 Å². The summed E-state index contributed by atoms with van der Waals surface area (Å²) < 4.78 is 4.38. The highest BCUT2D eigenvalue weighted by Crippen LogP contribution is 2.39. The van der Waals surface area contributed by atoms with Gasteiger partial charge in [0.25, 0.3) is 0 Å². The number of likely N-dealkylation sites (N-methyl/N-ethyl adjacent to an activating group) is 1. The smallest absolute Gasteiger partial charge is 0.243 e. The predicted molar refractivity (Wildman–Crippen MR) is 89.7 cm³/mol. The molecule has 0 radical (unpaired) electrons. The molecule has 0 spiro atoms. The van der Waals surface area contributed by atoms with Crippen LogP contribution in [0, 0.1) is 13.8 Å². The zero-order valence-electron chi connectivity index (χ0n) is 13.1. The first-order chi connectivity index (χ1) is 10.5. The van der Waals surface area contributed by atoms with Crippen molar-refractivity contribution in [1.82, 2.24) is 9.36 Å². The Morgan fingerprint density at radius 2 is 2.05 bits per heavy atom. The molecule has 1 amide bonds. The van der Waals surface area contributed by atoms with E-state index in [1.54, 1.807) is 0 Å². The molecule has 22 heavy (non-hydrogen) atoms. The molecule has 0 bridgehead atoms. The molecule has 1 aliphatic carbocycles. The van der Waals surface area contributed by atoms with E-state index in [4.69, 9.17) is 0 Å². The van der Waals surface area contributed by atoms with Crippen LogP contribution < -0.4 is 10.2 Å². The Kier molecular flexibility index (Phi) is 4.11. The molecule has 0 unspecified atom stereocenters. The maximum absolute atomic E-state index is 12.3. The summed E-state index contributed by atoms with van der Waals surface area (Å²) in [6, 6.07) is 5.99. The number of anilines is 2. The molecule has 1 aliphatic rings. The second-order valence-corrected chi connectivity index (χ2v) is 6.61. The molecule has 1 fully saturated rings. The predicted octanol–water partition coefficient (Wildman–Crippen LogP) is 3.11. The lowest BCUT2D eigenvalue weighted by Crippen LogP contribution is -2.30. The largest absolute Gasteiger partial charge is 0.341 e. The van der Waals surface area contributed by atoms with Crippen molar-refractivity contribution in [3.63, 3.8) is 0 Å². The molecule has 1 aromatic heterocycles. The van der Waals surface area contributed by atoms with E-state index in [0.717, 1.165) is 27.8 Å². The summed E-state index contributed by atoms with van der Waals surface area (Å²) >= 11 is 1.37. The van der Waals surface area contributed by atoms with E-state index in [1.165, 1.54) is 24.4 Å². The van der Waals surface area contributed by atoms with Crippen LogP contribution in [0.15, 0.2) is 18.2 Å². The lowest BCUT2D eigenvalue weighted by atomic mass is 10.1. The Balaban J connectivity index is 1.63. The van der Waals surface area contributed by atoms with E-state index in [-0.39, 0.29) is 12.5 Å². The molecule has 1 heterocycles. The summed E-state index contributed by atoms with van der Waals surface area (Å²) in [6.45, 7) is 4.27. The van der Waals surface area contributed by atoms with Crippen LogP contribution in [0.25, 0.3) is 0 Å². The first kappa shape index (κ1) is 15.0. The maximum Gasteiger partial charge on any atom is 0.243 e. The van der Waals surface area contributed by atoms with Gasteiger partial charge in [-0.3, -0.25) is 4.79 Å². The zero-order valence-corrected chi connectivity index (χ0v) is 13.9. The molecule has 116 valence electrons. The Labute approximate surface area is 134 Å². The van der Waals surface area contributed by atoms with Crippen molar-refractivity contribution in [1.29, 1.82) is 0 Å². The third-order valence-electron chi connectivity index (χ3n) is 3.83. The van der Waals surface area contributed by atoms with Gasteiger partial charge in [0.1, 0.15) is 5.82 Å². The van der Waals surface area contributed by atoms with E-state index >= 15 is 0 Å². The SMILES string of the molecule is Cc1cccc(C)c1NC(=O)CN(C)c1nc(C2CC2)ns1. The van der Waals surface area contributed by atoms with E-state index in [1.807, 2.05) is 44.0 Å². The fraction of sp³-hybridized carbons (Fsp3) is 0.438. The number of carbonyl (C=O) groups excluding carboxylic acids is 1. The maximum atomic E-state index is 12.3. The van der Waals surface area contributed by atoms with Gasteiger partial charge in [0.2, 0.25) is 11.0 Å². The van der Waals surface area contributed by atoms with E-state index in [2.05, 4.69) is 14.7 Å². The van der Waals surface area contributed by atoms with Gasteiger partial charge in [-0.25, -0.2) is 4.98 Å². The quantitative estimate of drug-likeness (QED) is 0.921. The Bertz CT molecular complexity index is 673. The van der Waals surface area contributed by atoms with Crippen molar-refractivity contribution >= 4 is 28.3 Å². The number of hydrogen-bond acceptors (Lipinski definition) is 5. The summed E-state index contributed by atoms with van der Waals surface area (Å²) in [4.78, 5) is 18.6. The molecule has 0 atom stereocenters. The Morgan fingerprint density at radius 3 is 2.68 bits per heavy atom.